The van der Waals surface area contributed by atoms with E-state index in [-0.39, 0.29) is 18.0 Å². The summed E-state index contributed by atoms with van der Waals surface area (Å²) < 4.78 is 18.5. The zero-order chi connectivity index (χ0) is 17.5. The Labute approximate surface area is 143 Å². The average molecular weight is 334 g/mol. The second-order valence-electron chi connectivity index (χ2n) is 8.12. The van der Waals surface area contributed by atoms with Crippen LogP contribution in [0.4, 0.5) is 9.18 Å². The normalized spacial score (nSPS) is 27.4. The molecule has 2 aliphatic heterocycles. The molecule has 4 nitrogen and oxygen atoms in total. The quantitative estimate of drug-likeness (QED) is 0.830. The van der Waals surface area contributed by atoms with Gasteiger partial charge in [-0.05, 0) is 57.2 Å². The van der Waals surface area contributed by atoms with Crippen molar-refractivity contribution in [3.63, 3.8) is 0 Å². The van der Waals surface area contributed by atoms with Crippen molar-refractivity contribution < 1.29 is 13.9 Å². The van der Waals surface area contributed by atoms with E-state index < -0.39 is 5.60 Å². The molecule has 2 saturated heterocycles. The SMILES string of the molecule is C[C@H]1[C@@H]2CN(Cc3ccc(F)cc3)C[C@@H]2CN1C(=O)OC(C)(C)C. The summed E-state index contributed by atoms with van der Waals surface area (Å²) in [5.41, 5.74) is 0.677. The molecule has 0 saturated carbocycles. The number of carbonyl (C=O) groups excluding carboxylic acids is 1. The molecule has 0 N–H and O–H groups in total. The summed E-state index contributed by atoms with van der Waals surface area (Å²) in [7, 11) is 0. The summed E-state index contributed by atoms with van der Waals surface area (Å²) in [6, 6.07) is 6.92. The molecule has 5 heteroatoms. The number of fused-ring (bicyclic) bond motifs is 1. The maximum atomic E-state index is 13.0. The lowest BCUT2D eigenvalue weighted by atomic mass is 9.95. The summed E-state index contributed by atoms with van der Waals surface area (Å²) >= 11 is 0. The lowest BCUT2D eigenvalue weighted by Crippen LogP contribution is -2.41. The predicted molar refractivity (Wildman–Crippen MR) is 91.1 cm³/mol. The lowest BCUT2D eigenvalue weighted by Gasteiger charge is -2.29. The Morgan fingerprint density at radius 3 is 2.46 bits per heavy atom. The number of nitrogens with zero attached hydrogens (tertiary/aromatic N) is 2. The van der Waals surface area contributed by atoms with Crippen LogP contribution in [0, 0.1) is 17.7 Å². The highest BCUT2D eigenvalue weighted by molar-refractivity contribution is 5.69. The first kappa shape index (κ1) is 17.2. The number of halogens is 1. The molecule has 132 valence electrons. The molecule has 3 atom stereocenters. The lowest BCUT2D eigenvalue weighted by molar-refractivity contribution is 0.0207. The van der Waals surface area contributed by atoms with Crippen molar-refractivity contribution in [1.82, 2.24) is 9.80 Å². The molecule has 3 rings (SSSR count). The number of hydrogen-bond donors (Lipinski definition) is 0. The van der Waals surface area contributed by atoms with E-state index in [0.717, 1.165) is 31.7 Å². The highest BCUT2D eigenvalue weighted by Crippen LogP contribution is 2.37. The molecule has 0 radical (unpaired) electrons. The van der Waals surface area contributed by atoms with Gasteiger partial charge >= 0.3 is 6.09 Å². The number of amides is 1. The molecule has 2 fully saturated rings. The molecule has 24 heavy (non-hydrogen) atoms. The molecule has 0 bridgehead atoms. The molecule has 0 aromatic heterocycles. The number of benzene rings is 1. The van der Waals surface area contributed by atoms with Gasteiger partial charge in [-0.1, -0.05) is 12.1 Å². The fourth-order valence-corrected chi connectivity index (χ4v) is 3.92. The first-order valence-corrected chi connectivity index (χ1v) is 8.69. The summed E-state index contributed by atoms with van der Waals surface area (Å²) in [5, 5.41) is 0. The predicted octanol–water partition coefficient (Wildman–Crippen LogP) is 3.51. The minimum absolute atomic E-state index is 0.196. The Morgan fingerprint density at radius 1 is 1.21 bits per heavy atom. The summed E-state index contributed by atoms with van der Waals surface area (Å²) in [6.07, 6.45) is -0.200. The zero-order valence-corrected chi connectivity index (χ0v) is 15.0. The number of hydrogen-bond acceptors (Lipinski definition) is 3. The molecule has 1 amide bonds. The van der Waals surface area contributed by atoms with Gasteiger partial charge < -0.3 is 9.64 Å². The minimum Gasteiger partial charge on any atom is -0.444 e. The van der Waals surface area contributed by atoms with Crippen LogP contribution in [0.2, 0.25) is 0 Å². The van der Waals surface area contributed by atoms with E-state index in [9.17, 15) is 9.18 Å². The first-order valence-electron chi connectivity index (χ1n) is 8.69. The van der Waals surface area contributed by atoms with Crippen LogP contribution in [0.15, 0.2) is 24.3 Å². The highest BCUT2D eigenvalue weighted by atomic mass is 19.1. The molecule has 0 unspecified atom stereocenters. The molecular formula is C19H27FN2O2. The Kier molecular flexibility index (Phi) is 4.56. The van der Waals surface area contributed by atoms with E-state index in [0.29, 0.717) is 11.8 Å². The molecule has 1 aromatic carbocycles. The maximum Gasteiger partial charge on any atom is 0.410 e. The number of ether oxygens (including phenoxy) is 1. The topological polar surface area (TPSA) is 32.8 Å². The highest BCUT2D eigenvalue weighted by Gasteiger charge is 2.47. The Morgan fingerprint density at radius 2 is 1.88 bits per heavy atom. The van der Waals surface area contributed by atoms with Gasteiger partial charge in [0, 0.05) is 32.2 Å². The second kappa shape index (κ2) is 6.36. The van der Waals surface area contributed by atoms with Crippen LogP contribution in [-0.2, 0) is 11.3 Å². The van der Waals surface area contributed by atoms with Crippen LogP contribution in [0.3, 0.4) is 0 Å². The number of rotatable bonds is 2. The van der Waals surface area contributed by atoms with Crippen LogP contribution in [0.1, 0.15) is 33.3 Å². The van der Waals surface area contributed by atoms with E-state index >= 15 is 0 Å². The largest absolute Gasteiger partial charge is 0.444 e. The van der Waals surface area contributed by atoms with E-state index in [2.05, 4.69) is 11.8 Å². The van der Waals surface area contributed by atoms with Crippen LogP contribution in [0.25, 0.3) is 0 Å². The van der Waals surface area contributed by atoms with Crippen molar-refractivity contribution in [3.05, 3.63) is 35.6 Å². The zero-order valence-electron chi connectivity index (χ0n) is 15.0. The van der Waals surface area contributed by atoms with Gasteiger partial charge in [0.15, 0.2) is 0 Å². The average Bonchev–Trinajstić information content (AvgIpc) is 2.99. The molecule has 2 aliphatic rings. The number of carbonyl (C=O) groups is 1. The fourth-order valence-electron chi connectivity index (χ4n) is 3.92. The van der Waals surface area contributed by atoms with Gasteiger partial charge in [-0.25, -0.2) is 9.18 Å². The molecule has 0 spiro atoms. The van der Waals surface area contributed by atoms with Crippen LogP contribution >= 0.6 is 0 Å². The monoisotopic (exact) mass is 334 g/mol. The second-order valence-corrected chi connectivity index (χ2v) is 8.12. The first-order chi connectivity index (χ1) is 11.2. The van der Waals surface area contributed by atoms with E-state index in [1.54, 1.807) is 0 Å². The van der Waals surface area contributed by atoms with E-state index in [4.69, 9.17) is 4.74 Å². The molecular weight excluding hydrogens is 307 g/mol. The van der Waals surface area contributed by atoms with Crippen molar-refractivity contribution in [2.45, 2.75) is 45.9 Å². The van der Waals surface area contributed by atoms with Gasteiger partial charge in [0.2, 0.25) is 0 Å². The van der Waals surface area contributed by atoms with Crippen LogP contribution in [0.5, 0.6) is 0 Å². The third-order valence-corrected chi connectivity index (χ3v) is 5.06. The van der Waals surface area contributed by atoms with Gasteiger partial charge in [-0.2, -0.15) is 0 Å². The Balaban J connectivity index is 1.58. The standard InChI is InChI=1S/C19H27FN2O2/c1-13-17-12-21(9-14-5-7-16(20)8-6-14)10-15(17)11-22(13)18(23)24-19(2,3)4/h5-8,13,15,17H,9-12H2,1-4H3/t13-,15+,17-/m0/s1. The van der Waals surface area contributed by atoms with Gasteiger partial charge in [0.25, 0.3) is 0 Å². The van der Waals surface area contributed by atoms with Gasteiger partial charge in [-0.3, -0.25) is 4.90 Å². The van der Waals surface area contributed by atoms with Crippen LogP contribution < -0.4 is 0 Å². The Bertz CT molecular complexity index is 596. The van der Waals surface area contributed by atoms with Gasteiger partial charge in [-0.15, -0.1) is 0 Å². The summed E-state index contributed by atoms with van der Waals surface area (Å²) in [5.74, 6) is 0.782. The third-order valence-electron chi connectivity index (χ3n) is 5.06. The smallest absolute Gasteiger partial charge is 0.410 e. The molecule has 1 aromatic rings. The molecule has 0 aliphatic carbocycles. The van der Waals surface area contributed by atoms with Crippen molar-refractivity contribution >= 4 is 6.09 Å². The van der Waals surface area contributed by atoms with Crippen LogP contribution in [-0.4, -0.2) is 47.2 Å². The van der Waals surface area contributed by atoms with Gasteiger partial charge in [0.05, 0.1) is 0 Å². The fraction of sp³-hybridized carbons (Fsp3) is 0.632. The maximum absolute atomic E-state index is 13.0. The van der Waals surface area contributed by atoms with Crippen molar-refractivity contribution in [1.29, 1.82) is 0 Å². The third kappa shape index (κ3) is 3.72. The van der Waals surface area contributed by atoms with E-state index in [1.165, 1.54) is 12.1 Å². The van der Waals surface area contributed by atoms with Crippen molar-refractivity contribution in [3.8, 4) is 0 Å². The molecule has 2 heterocycles. The van der Waals surface area contributed by atoms with E-state index in [1.807, 2.05) is 37.8 Å². The Hall–Kier alpha value is -1.62. The van der Waals surface area contributed by atoms with Crippen molar-refractivity contribution in [2.24, 2.45) is 11.8 Å². The van der Waals surface area contributed by atoms with Crippen molar-refractivity contribution in [2.75, 3.05) is 19.6 Å². The number of likely N-dealkylation sites (tertiary alicyclic amines) is 2. The summed E-state index contributed by atoms with van der Waals surface area (Å²) in [6.45, 7) is 11.4. The van der Waals surface area contributed by atoms with Gasteiger partial charge in [0.1, 0.15) is 11.4 Å². The minimum atomic E-state index is -0.455. The summed E-state index contributed by atoms with van der Waals surface area (Å²) in [4.78, 5) is 16.7.